The molecule has 0 amide bonds. The Morgan fingerprint density at radius 3 is 2.35 bits per heavy atom. The maximum Gasteiger partial charge on any atom is 0.115 e. The van der Waals surface area contributed by atoms with Gasteiger partial charge in [-0.05, 0) is 24.3 Å². The number of quaternary nitrogens is 1. The van der Waals surface area contributed by atoms with Gasteiger partial charge < -0.3 is 15.6 Å². The van der Waals surface area contributed by atoms with Crippen molar-refractivity contribution in [1.29, 1.82) is 0 Å². The molecule has 1 unspecified atom stereocenters. The van der Waals surface area contributed by atoms with E-state index in [2.05, 4.69) is 31.7 Å². The molecule has 0 saturated heterocycles. The molecule has 94 valence electrons. The number of carbonyl (C=O) groups excluding carboxylic acids is 1. The van der Waals surface area contributed by atoms with Crippen LogP contribution in [0.15, 0.2) is 24.3 Å². The zero-order chi connectivity index (χ0) is 12.8. The Labute approximate surface area is 103 Å². The minimum Gasteiger partial charge on any atom is -0.550 e. The molecule has 0 radical (unpaired) electrons. The first kappa shape index (κ1) is 13.7. The van der Waals surface area contributed by atoms with Crippen molar-refractivity contribution in [3.63, 3.8) is 0 Å². The van der Waals surface area contributed by atoms with E-state index >= 15 is 0 Å². The number of aliphatic carboxylic acids is 1. The molecule has 0 aromatic heterocycles. The minimum absolute atomic E-state index is 0.0225. The molecule has 0 heterocycles. The molecule has 1 atom stereocenters. The first-order valence-corrected chi connectivity index (χ1v) is 6.10. The lowest BCUT2D eigenvalue weighted by atomic mass is 9.99. The van der Waals surface area contributed by atoms with Crippen molar-refractivity contribution < 1.29 is 15.6 Å². The Balaban J connectivity index is 2.58. The molecule has 0 spiro atoms. The molecule has 3 heteroatoms. The lowest BCUT2D eigenvalue weighted by Crippen LogP contribution is -2.55. The molecule has 1 rings (SSSR count). The molecule has 0 aliphatic heterocycles. The summed E-state index contributed by atoms with van der Waals surface area (Å²) in [6.07, 6.45) is 2.22. The van der Waals surface area contributed by atoms with Crippen LogP contribution in [0.5, 0.6) is 0 Å². The molecule has 17 heavy (non-hydrogen) atoms. The summed E-state index contributed by atoms with van der Waals surface area (Å²) in [6, 6.07) is 7.84. The van der Waals surface area contributed by atoms with Crippen LogP contribution in [0.2, 0.25) is 0 Å². The largest absolute Gasteiger partial charge is 0.550 e. The number of rotatable bonds is 6. The van der Waals surface area contributed by atoms with Crippen molar-refractivity contribution in [3.8, 4) is 0 Å². The summed E-state index contributed by atoms with van der Waals surface area (Å²) < 4.78 is 0. The quantitative estimate of drug-likeness (QED) is 0.788. The van der Waals surface area contributed by atoms with Crippen molar-refractivity contribution >= 4 is 5.97 Å². The van der Waals surface area contributed by atoms with E-state index in [9.17, 15) is 9.90 Å². The second-order valence-electron chi connectivity index (χ2n) is 4.95. The van der Waals surface area contributed by atoms with E-state index in [0.29, 0.717) is 5.92 Å². The van der Waals surface area contributed by atoms with Gasteiger partial charge in [0.2, 0.25) is 0 Å². The number of aryl methyl sites for hydroxylation is 1. The van der Waals surface area contributed by atoms with Crippen LogP contribution in [0.25, 0.3) is 0 Å². The topological polar surface area (TPSA) is 67.8 Å². The van der Waals surface area contributed by atoms with Crippen LogP contribution >= 0.6 is 0 Å². The Kier molecular flexibility index (Phi) is 5.16. The van der Waals surface area contributed by atoms with Gasteiger partial charge in [-0.3, -0.25) is 0 Å². The average molecular weight is 235 g/mol. The third-order valence-corrected chi connectivity index (χ3v) is 2.87. The Morgan fingerprint density at radius 2 is 1.88 bits per heavy atom. The molecule has 0 aliphatic rings. The van der Waals surface area contributed by atoms with E-state index < -0.39 is 5.97 Å². The molecule has 1 aromatic carbocycles. The van der Waals surface area contributed by atoms with Crippen LogP contribution in [0, 0.1) is 5.92 Å². The van der Waals surface area contributed by atoms with E-state index in [0.717, 1.165) is 12.0 Å². The molecule has 0 saturated carbocycles. The lowest BCUT2D eigenvalue weighted by molar-refractivity contribution is -0.430. The molecule has 0 aliphatic carbocycles. The number of benzene rings is 1. The van der Waals surface area contributed by atoms with Crippen molar-refractivity contribution in [2.75, 3.05) is 0 Å². The van der Waals surface area contributed by atoms with Gasteiger partial charge in [0.15, 0.2) is 0 Å². The van der Waals surface area contributed by atoms with Gasteiger partial charge in [-0.2, -0.15) is 0 Å². The fourth-order valence-corrected chi connectivity index (χ4v) is 1.73. The van der Waals surface area contributed by atoms with Gasteiger partial charge >= 0.3 is 0 Å². The van der Waals surface area contributed by atoms with E-state index in [4.69, 9.17) is 0 Å². The highest BCUT2D eigenvalue weighted by Gasteiger charge is 2.09. The fourth-order valence-electron chi connectivity index (χ4n) is 1.73. The summed E-state index contributed by atoms with van der Waals surface area (Å²) in [7, 11) is 0. The van der Waals surface area contributed by atoms with Gasteiger partial charge in [-0.15, -0.1) is 0 Å². The van der Waals surface area contributed by atoms with Crippen LogP contribution in [-0.2, 0) is 11.2 Å². The van der Waals surface area contributed by atoms with Crippen LogP contribution in [-0.4, -0.2) is 5.97 Å². The van der Waals surface area contributed by atoms with E-state index in [1.54, 1.807) is 0 Å². The average Bonchev–Trinajstić information content (AvgIpc) is 2.26. The zero-order valence-electron chi connectivity index (χ0n) is 10.6. The highest BCUT2D eigenvalue weighted by Crippen LogP contribution is 2.15. The van der Waals surface area contributed by atoms with E-state index in [-0.39, 0.29) is 12.5 Å². The molecule has 3 N–H and O–H groups in total. The summed E-state index contributed by atoms with van der Waals surface area (Å²) in [6.45, 7) is 4.42. The number of carbonyl (C=O) groups is 1. The van der Waals surface area contributed by atoms with Crippen LogP contribution in [0.3, 0.4) is 0 Å². The van der Waals surface area contributed by atoms with Crippen LogP contribution in [0.1, 0.15) is 43.9 Å². The minimum atomic E-state index is -1.05. The molecule has 1 aromatic rings. The molecule has 0 bridgehead atoms. The number of hydrogen-bond acceptors (Lipinski definition) is 2. The fraction of sp³-hybridized carbons (Fsp3) is 0.500. The monoisotopic (exact) mass is 235 g/mol. The van der Waals surface area contributed by atoms with Crippen molar-refractivity contribution in [1.82, 2.24) is 0 Å². The predicted molar refractivity (Wildman–Crippen MR) is 64.9 cm³/mol. The van der Waals surface area contributed by atoms with Crippen LogP contribution in [0.4, 0.5) is 0 Å². The second kappa shape index (κ2) is 6.40. The summed E-state index contributed by atoms with van der Waals surface area (Å²) in [4.78, 5) is 10.5. The van der Waals surface area contributed by atoms with Crippen molar-refractivity contribution in [2.45, 2.75) is 39.2 Å². The summed E-state index contributed by atoms with van der Waals surface area (Å²) in [5.74, 6) is -0.345. The van der Waals surface area contributed by atoms with Crippen molar-refractivity contribution in [2.24, 2.45) is 5.92 Å². The number of hydrogen-bond donors (Lipinski definition) is 1. The predicted octanol–water partition coefficient (Wildman–Crippen LogP) is 0.698. The summed E-state index contributed by atoms with van der Waals surface area (Å²) >= 11 is 0. The Hall–Kier alpha value is -1.35. The van der Waals surface area contributed by atoms with Gasteiger partial charge in [0.05, 0.1) is 0 Å². The highest BCUT2D eigenvalue weighted by atomic mass is 16.4. The number of carboxylic acid groups (broad SMARTS) is 1. The maximum atomic E-state index is 10.5. The summed E-state index contributed by atoms with van der Waals surface area (Å²) in [5, 5.41) is 10.5. The smallest absolute Gasteiger partial charge is 0.115 e. The normalized spacial score (nSPS) is 12.7. The second-order valence-corrected chi connectivity index (χ2v) is 4.95. The molecular weight excluding hydrogens is 214 g/mol. The molecule has 3 nitrogen and oxygen atoms in total. The standard InChI is InChI=1S/C14H21NO2/c1-10(2)3-4-11-5-7-12(8-6-11)13(15)9-14(16)17/h5-8,10,13H,3-4,9,15H2,1-2H3,(H,16,17). The lowest BCUT2D eigenvalue weighted by Gasteiger charge is -2.10. The first-order valence-electron chi connectivity index (χ1n) is 6.10. The van der Waals surface area contributed by atoms with E-state index in [1.807, 2.05) is 12.1 Å². The van der Waals surface area contributed by atoms with Gasteiger partial charge in [-0.1, -0.05) is 38.1 Å². The van der Waals surface area contributed by atoms with Gasteiger partial charge in [0.1, 0.15) is 6.04 Å². The zero-order valence-corrected chi connectivity index (χ0v) is 10.6. The first-order chi connectivity index (χ1) is 7.99. The Bertz CT molecular complexity index is 357. The third-order valence-electron chi connectivity index (χ3n) is 2.87. The molecular formula is C14H21NO2. The van der Waals surface area contributed by atoms with Crippen LogP contribution < -0.4 is 10.8 Å². The molecule has 0 fully saturated rings. The Morgan fingerprint density at radius 1 is 1.29 bits per heavy atom. The van der Waals surface area contributed by atoms with Crippen molar-refractivity contribution in [3.05, 3.63) is 35.4 Å². The van der Waals surface area contributed by atoms with E-state index in [1.165, 1.54) is 12.0 Å². The highest BCUT2D eigenvalue weighted by molar-refractivity contribution is 5.65. The van der Waals surface area contributed by atoms with Gasteiger partial charge in [-0.25, -0.2) is 0 Å². The van der Waals surface area contributed by atoms with Gasteiger partial charge in [0.25, 0.3) is 0 Å². The van der Waals surface area contributed by atoms with Gasteiger partial charge in [0, 0.05) is 18.0 Å². The number of carboxylic acids is 1. The third kappa shape index (κ3) is 5.00. The SMILES string of the molecule is CC(C)CCc1ccc(C([NH3+])CC(=O)[O-])cc1. The maximum absolute atomic E-state index is 10.5. The summed E-state index contributed by atoms with van der Waals surface area (Å²) in [5.41, 5.74) is 6.09.